The Kier molecular flexibility index (Phi) is 3.61. The Morgan fingerprint density at radius 2 is 2.29 bits per heavy atom. The highest BCUT2D eigenvalue weighted by Gasteiger charge is 2.11. The lowest BCUT2D eigenvalue weighted by molar-refractivity contribution is 0.0988. The van der Waals surface area contributed by atoms with Crippen molar-refractivity contribution in [3.05, 3.63) is 51.7 Å². The number of benzene rings is 1. The smallest absolute Gasteiger partial charge is 0.186 e. The number of nitrogens with two attached hydrogens (primary N) is 1. The Morgan fingerprint density at radius 1 is 1.47 bits per heavy atom. The highest BCUT2D eigenvalue weighted by molar-refractivity contribution is 7.09. The summed E-state index contributed by atoms with van der Waals surface area (Å²) in [6.07, 6.45) is 0.158. The molecule has 0 spiro atoms. The van der Waals surface area contributed by atoms with Crippen LogP contribution in [0.25, 0.3) is 0 Å². The van der Waals surface area contributed by atoms with Crippen LogP contribution in [0.3, 0.4) is 0 Å². The van der Waals surface area contributed by atoms with E-state index in [1.54, 1.807) is 17.5 Å². The summed E-state index contributed by atoms with van der Waals surface area (Å²) >= 11 is 1.36. The Hall–Kier alpha value is -1.59. The summed E-state index contributed by atoms with van der Waals surface area (Å²) in [6.45, 7) is 0.331. The largest absolute Gasteiger partial charge is 0.325 e. The van der Waals surface area contributed by atoms with Crippen molar-refractivity contribution < 1.29 is 9.18 Å². The lowest BCUT2D eigenvalue weighted by Crippen LogP contribution is -2.05. The fourth-order valence-electron chi connectivity index (χ4n) is 1.46. The SMILES string of the molecule is NCc1nc(C(=O)Cc2cccc(F)c2)cs1. The maximum atomic E-state index is 12.9. The second-order valence-corrected chi connectivity index (χ2v) is 4.50. The molecule has 17 heavy (non-hydrogen) atoms. The zero-order chi connectivity index (χ0) is 12.3. The fourth-order valence-corrected chi connectivity index (χ4v) is 2.13. The molecule has 0 radical (unpaired) electrons. The van der Waals surface area contributed by atoms with Crippen molar-refractivity contribution in [2.24, 2.45) is 5.73 Å². The molecule has 2 aromatic rings. The molecule has 0 aliphatic carbocycles. The van der Waals surface area contributed by atoms with Gasteiger partial charge in [-0.1, -0.05) is 12.1 Å². The van der Waals surface area contributed by atoms with Gasteiger partial charge in [-0.25, -0.2) is 9.37 Å². The highest BCUT2D eigenvalue weighted by Crippen LogP contribution is 2.12. The number of hydrogen-bond donors (Lipinski definition) is 1. The van der Waals surface area contributed by atoms with Gasteiger partial charge in [0.25, 0.3) is 0 Å². The number of aromatic nitrogens is 1. The van der Waals surface area contributed by atoms with Crippen LogP contribution < -0.4 is 5.73 Å². The molecule has 0 aliphatic heterocycles. The van der Waals surface area contributed by atoms with E-state index in [4.69, 9.17) is 5.73 Å². The van der Waals surface area contributed by atoms with E-state index in [0.717, 1.165) is 5.01 Å². The van der Waals surface area contributed by atoms with E-state index in [2.05, 4.69) is 4.98 Å². The van der Waals surface area contributed by atoms with Gasteiger partial charge in [0.15, 0.2) is 5.78 Å². The second-order valence-electron chi connectivity index (χ2n) is 3.56. The molecule has 1 aromatic carbocycles. The van der Waals surface area contributed by atoms with Crippen molar-refractivity contribution in [1.29, 1.82) is 0 Å². The molecule has 5 heteroatoms. The van der Waals surface area contributed by atoms with Gasteiger partial charge < -0.3 is 5.73 Å². The van der Waals surface area contributed by atoms with Crippen LogP contribution in [0.2, 0.25) is 0 Å². The first-order valence-electron chi connectivity index (χ1n) is 5.11. The molecule has 3 nitrogen and oxygen atoms in total. The summed E-state index contributed by atoms with van der Waals surface area (Å²) in [5.74, 6) is -0.456. The molecule has 0 atom stereocenters. The number of halogens is 1. The van der Waals surface area contributed by atoms with Crippen LogP contribution in [-0.2, 0) is 13.0 Å². The van der Waals surface area contributed by atoms with Crippen molar-refractivity contribution >= 4 is 17.1 Å². The monoisotopic (exact) mass is 250 g/mol. The maximum Gasteiger partial charge on any atom is 0.186 e. The van der Waals surface area contributed by atoms with Crippen molar-refractivity contribution in [2.45, 2.75) is 13.0 Å². The van der Waals surface area contributed by atoms with Crippen molar-refractivity contribution in [3.63, 3.8) is 0 Å². The lowest BCUT2D eigenvalue weighted by Gasteiger charge is -1.98. The molecule has 0 amide bonds. The molecule has 0 unspecified atom stereocenters. The molecule has 0 aliphatic rings. The van der Waals surface area contributed by atoms with Crippen LogP contribution in [0.15, 0.2) is 29.6 Å². The van der Waals surface area contributed by atoms with Crippen LogP contribution >= 0.6 is 11.3 Å². The quantitative estimate of drug-likeness (QED) is 0.846. The highest BCUT2D eigenvalue weighted by atomic mass is 32.1. The van der Waals surface area contributed by atoms with E-state index < -0.39 is 0 Å². The Morgan fingerprint density at radius 3 is 2.94 bits per heavy atom. The van der Waals surface area contributed by atoms with Gasteiger partial charge in [0.1, 0.15) is 16.5 Å². The number of ketones is 1. The minimum absolute atomic E-state index is 0.119. The second kappa shape index (κ2) is 5.16. The van der Waals surface area contributed by atoms with Gasteiger partial charge in [-0.3, -0.25) is 4.79 Å². The minimum Gasteiger partial charge on any atom is -0.325 e. The summed E-state index contributed by atoms with van der Waals surface area (Å²) in [4.78, 5) is 15.9. The fraction of sp³-hybridized carbons (Fsp3) is 0.167. The minimum atomic E-state index is -0.337. The number of hydrogen-bond acceptors (Lipinski definition) is 4. The van der Waals surface area contributed by atoms with Crippen LogP contribution in [0, 0.1) is 5.82 Å². The number of carbonyl (C=O) groups excluding carboxylic acids is 1. The first-order chi connectivity index (χ1) is 8.19. The van der Waals surface area contributed by atoms with E-state index in [1.807, 2.05) is 0 Å². The molecule has 88 valence electrons. The third-order valence-electron chi connectivity index (χ3n) is 2.27. The Bertz CT molecular complexity index is 539. The van der Waals surface area contributed by atoms with Gasteiger partial charge in [-0.05, 0) is 17.7 Å². The summed E-state index contributed by atoms with van der Waals surface area (Å²) in [5, 5.41) is 2.41. The van der Waals surface area contributed by atoms with Crippen LogP contribution in [0.4, 0.5) is 4.39 Å². The van der Waals surface area contributed by atoms with E-state index in [0.29, 0.717) is 17.8 Å². The Balaban J connectivity index is 2.11. The number of thiazole rings is 1. The predicted octanol–water partition coefficient (Wildman–Crippen LogP) is 2.17. The summed E-state index contributed by atoms with van der Waals surface area (Å²) in [7, 11) is 0. The molecule has 0 saturated heterocycles. The van der Waals surface area contributed by atoms with Crippen molar-refractivity contribution in [3.8, 4) is 0 Å². The molecule has 1 heterocycles. The van der Waals surface area contributed by atoms with Gasteiger partial charge in [0, 0.05) is 18.3 Å². The third-order valence-corrected chi connectivity index (χ3v) is 3.14. The van der Waals surface area contributed by atoms with E-state index in [1.165, 1.54) is 23.5 Å². The van der Waals surface area contributed by atoms with Crippen LogP contribution in [0.1, 0.15) is 21.1 Å². The molecular weight excluding hydrogens is 239 g/mol. The van der Waals surface area contributed by atoms with Gasteiger partial charge in [-0.15, -0.1) is 11.3 Å². The zero-order valence-corrected chi connectivity index (χ0v) is 9.84. The standard InChI is InChI=1S/C12H11FN2OS/c13-9-3-1-2-8(4-9)5-11(16)10-7-17-12(6-14)15-10/h1-4,7H,5-6,14H2. The van der Waals surface area contributed by atoms with E-state index >= 15 is 0 Å². The third kappa shape index (κ3) is 2.95. The first-order valence-corrected chi connectivity index (χ1v) is 5.99. The molecular formula is C12H11FN2OS. The van der Waals surface area contributed by atoms with Gasteiger partial charge in [0.2, 0.25) is 0 Å². The first kappa shape index (κ1) is 11.9. The molecule has 1 aromatic heterocycles. The van der Waals surface area contributed by atoms with Crippen LogP contribution in [0.5, 0.6) is 0 Å². The van der Waals surface area contributed by atoms with Crippen LogP contribution in [-0.4, -0.2) is 10.8 Å². The average molecular weight is 250 g/mol. The summed E-state index contributed by atoms with van der Waals surface area (Å²) < 4.78 is 12.9. The number of Topliss-reactive ketones (excluding diaryl/α,β-unsaturated/α-hetero) is 1. The summed E-state index contributed by atoms with van der Waals surface area (Å²) in [6, 6.07) is 6.01. The molecule has 0 bridgehead atoms. The number of rotatable bonds is 4. The maximum absolute atomic E-state index is 12.9. The lowest BCUT2D eigenvalue weighted by atomic mass is 10.1. The molecule has 0 fully saturated rings. The van der Waals surface area contributed by atoms with Gasteiger partial charge in [-0.2, -0.15) is 0 Å². The van der Waals surface area contributed by atoms with E-state index in [9.17, 15) is 9.18 Å². The molecule has 2 rings (SSSR count). The van der Waals surface area contributed by atoms with Crippen molar-refractivity contribution in [2.75, 3.05) is 0 Å². The van der Waals surface area contributed by atoms with Gasteiger partial charge in [0.05, 0.1) is 0 Å². The molecule has 2 N–H and O–H groups in total. The van der Waals surface area contributed by atoms with Crippen molar-refractivity contribution in [1.82, 2.24) is 4.98 Å². The number of nitrogens with zero attached hydrogens (tertiary/aromatic N) is 1. The predicted molar refractivity (Wildman–Crippen MR) is 64.4 cm³/mol. The Labute approximate surface area is 102 Å². The van der Waals surface area contributed by atoms with E-state index in [-0.39, 0.29) is 18.0 Å². The summed E-state index contributed by atoms with van der Waals surface area (Å²) in [5.41, 5.74) is 6.48. The van der Waals surface area contributed by atoms with Gasteiger partial charge >= 0.3 is 0 Å². The zero-order valence-electron chi connectivity index (χ0n) is 9.02. The average Bonchev–Trinajstić information content (AvgIpc) is 2.77. The molecule has 0 saturated carbocycles. The topological polar surface area (TPSA) is 56.0 Å². The number of carbonyl (C=O) groups is 1. The normalized spacial score (nSPS) is 10.5.